The van der Waals surface area contributed by atoms with E-state index >= 15 is 0 Å². The minimum Gasteiger partial charge on any atom is -0.381 e. The van der Waals surface area contributed by atoms with E-state index in [1.54, 1.807) is 17.0 Å². The lowest BCUT2D eigenvalue weighted by Crippen LogP contribution is -2.46. The second-order valence-corrected chi connectivity index (χ2v) is 6.92. The van der Waals surface area contributed by atoms with Crippen LogP contribution in [0, 0.1) is 12.7 Å². The van der Waals surface area contributed by atoms with Crippen LogP contribution in [0.5, 0.6) is 0 Å². The number of hydrogen-bond acceptors (Lipinski definition) is 4. The molecule has 5 nitrogen and oxygen atoms in total. The van der Waals surface area contributed by atoms with Gasteiger partial charge in [0.05, 0.1) is 0 Å². The van der Waals surface area contributed by atoms with Gasteiger partial charge in [0, 0.05) is 36.5 Å². The third-order valence-corrected chi connectivity index (χ3v) is 4.46. The summed E-state index contributed by atoms with van der Waals surface area (Å²) in [6, 6.07) is 6.11. The van der Waals surface area contributed by atoms with E-state index in [-0.39, 0.29) is 11.7 Å². The van der Waals surface area contributed by atoms with E-state index in [2.05, 4.69) is 9.97 Å². The molecule has 2 heterocycles. The van der Waals surface area contributed by atoms with E-state index < -0.39 is 5.60 Å². The van der Waals surface area contributed by atoms with Gasteiger partial charge in [-0.15, -0.1) is 0 Å². The van der Waals surface area contributed by atoms with Crippen molar-refractivity contribution in [2.24, 2.45) is 0 Å². The summed E-state index contributed by atoms with van der Waals surface area (Å²) in [6.45, 7) is 5.99. The summed E-state index contributed by atoms with van der Waals surface area (Å²) in [7, 11) is 0. The minimum atomic E-state index is -1.38. The van der Waals surface area contributed by atoms with Gasteiger partial charge in [0.1, 0.15) is 11.4 Å². The predicted octanol–water partition coefficient (Wildman–Crippen LogP) is 2.29. The highest BCUT2D eigenvalue weighted by atomic mass is 19.1. The van der Waals surface area contributed by atoms with Crippen molar-refractivity contribution in [1.82, 2.24) is 14.9 Å². The molecule has 1 aromatic carbocycles. The zero-order valence-corrected chi connectivity index (χ0v) is 14.7. The molecule has 1 N–H and O–H groups in total. The molecular formula is C19H22FN3O2. The number of carbonyl (C=O) groups excluding carboxylic acids is 1. The molecule has 0 radical (unpaired) electrons. The Bertz CT molecular complexity index is 798. The van der Waals surface area contributed by atoms with Crippen molar-refractivity contribution in [3.63, 3.8) is 0 Å². The SMILES string of the molecule is Cc1nc(-c2ccc(F)cc2)nc2c1CCN(C(=O)C(C)(C)O)CC2. The quantitative estimate of drug-likeness (QED) is 0.909. The predicted molar refractivity (Wildman–Crippen MR) is 92.4 cm³/mol. The Kier molecular flexibility index (Phi) is 4.56. The van der Waals surface area contributed by atoms with Gasteiger partial charge in [0.15, 0.2) is 5.82 Å². The van der Waals surface area contributed by atoms with Crippen LogP contribution in [0.15, 0.2) is 24.3 Å². The number of aliphatic hydroxyl groups is 1. The van der Waals surface area contributed by atoms with Crippen LogP contribution >= 0.6 is 0 Å². The maximum atomic E-state index is 13.1. The highest BCUT2D eigenvalue weighted by Crippen LogP contribution is 2.23. The number of benzene rings is 1. The topological polar surface area (TPSA) is 66.3 Å². The molecule has 2 aromatic rings. The molecule has 6 heteroatoms. The number of fused-ring (bicyclic) bond motifs is 1. The zero-order chi connectivity index (χ0) is 18.2. The minimum absolute atomic E-state index is 0.273. The molecule has 0 aliphatic carbocycles. The summed E-state index contributed by atoms with van der Waals surface area (Å²) in [5.74, 6) is -0.000745. The van der Waals surface area contributed by atoms with E-state index in [4.69, 9.17) is 0 Å². The molecule has 0 saturated heterocycles. The second-order valence-electron chi connectivity index (χ2n) is 6.92. The molecule has 0 saturated carbocycles. The molecule has 1 amide bonds. The fraction of sp³-hybridized carbons (Fsp3) is 0.421. The van der Waals surface area contributed by atoms with Gasteiger partial charge in [-0.2, -0.15) is 0 Å². The van der Waals surface area contributed by atoms with Crippen LogP contribution in [-0.2, 0) is 17.6 Å². The first-order chi connectivity index (χ1) is 11.8. The van der Waals surface area contributed by atoms with Crippen molar-refractivity contribution in [3.8, 4) is 11.4 Å². The summed E-state index contributed by atoms with van der Waals surface area (Å²) in [6.07, 6.45) is 1.27. The van der Waals surface area contributed by atoms with Crippen LogP contribution in [0.3, 0.4) is 0 Å². The smallest absolute Gasteiger partial charge is 0.253 e. The summed E-state index contributed by atoms with van der Waals surface area (Å²) in [5.41, 5.74) is 2.23. The molecule has 132 valence electrons. The van der Waals surface area contributed by atoms with Gasteiger partial charge in [-0.05, 0) is 57.0 Å². The maximum Gasteiger partial charge on any atom is 0.253 e. The van der Waals surface area contributed by atoms with Gasteiger partial charge in [-0.25, -0.2) is 14.4 Å². The Morgan fingerprint density at radius 1 is 1.16 bits per heavy atom. The second kappa shape index (κ2) is 6.52. The number of amides is 1. The average molecular weight is 343 g/mol. The number of aromatic nitrogens is 2. The number of halogens is 1. The lowest BCUT2D eigenvalue weighted by atomic mass is 10.1. The third-order valence-electron chi connectivity index (χ3n) is 4.46. The molecule has 0 bridgehead atoms. The van der Waals surface area contributed by atoms with Crippen molar-refractivity contribution in [2.75, 3.05) is 13.1 Å². The van der Waals surface area contributed by atoms with Crippen LogP contribution in [0.2, 0.25) is 0 Å². The maximum absolute atomic E-state index is 13.1. The van der Waals surface area contributed by atoms with E-state index in [1.165, 1.54) is 26.0 Å². The van der Waals surface area contributed by atoms with E-state index in [1.807, 2.05) is 6.92 Å². The summed E-state index contributed by atoms with van der Waals surface area (Å²) in [5, 5.41) is 9.97. The van der Waals surface area contributed by atoms with Gasteiger partial charge in [-0.3, -0.25) is 4.79 Å². The van der Waals surface area contributed by atoms with Crippen molar-refractivity contribution >= 4 is 5.91 Å². The van der Waals surface area contributed by atoms with E-state index in [9.17, 15) is 14.3 Å². The fourth-order valence-electron chi connectivity index (χ4n) is 3.10. The number of rotatable bonds is 2. The van der Waals surface area contributed by atoms with Crippen LogP contribution in [0.1, 0.15) is 30.8 Å². The van der Waals surface area contributed by atoms with Gasteiger partial charge >= 0.3 is 0 Å². The number of carbonyl (C=O) groups is 1. The lowest BCUT2D eigenvalue weighted by molar-refractivity contribution is -0.147. The lowest BCUT2D eigenvalue weighted by Gasteiger charge is -2.27. The molecule has 0 fully saturated rings. The van der Waals surface area contributed by atoms with Crippen molar-refractivity contribution in [1.29, 1.82) is 0 Å². The average Bonchev–Trinajstić information content (AvgIpc) is 2.77. The Balaban J connectivity index is 1.89. The first-order valence-electron chi connectivity index (χ1n) is 8.40. The third kappa shape index (κ3) is 3.69. The van der Waals surface area contributed by atoms with Crippen LogP contribution in [0.25, 0.3) is 11.4 Å². The highest BCUT2D eigenvalue weighted by Gasteiger charge is 2.31. The first kappa shape index (κ1) is 17.5. The Morgan fingerprint density at radius 3 is 2.44 bits per heavy atom. The molecular weight excluding hydrogens is 321 g/mol. The molecule has 1 aliphatic heterocycles. The summed E-state index contributed by atoms with van der Waals surface area (Å²) >= 11 is 0. The van der Waals surface area contributed by atoms with Crippen molar-refractivity contribution in [2.45, 2.75) is 39.2 Å². The van der Waals surface area contributed by atoms with Gasteiger partial charge in [0.2, 0.25) is 0 Å². The van der Waals surface area contributed by atoms with Crippen LogP contribution in [0.4, 0.5) is 4.39 Å². The highest BCUT2D eigenvalue weighted by molar-refractivity contribution is 5.84. The van der Waals surface area contributed by atoms with E-state index in [0.717, 1.165) is 22.5 Å². The van der Waals surface area contributed by atoms with Crippen molar-refractivity contribution < 1.29 is 14.3 Å². The number of aryl methyl sites for hydroxylation is 1. The van der Waals surface area contributed by atoms with E-state index in [0.29, 0.717) is 31.8 Å². The van der Waals surface area contributed by atoms with Crippen LogP contribution in [-0.4, -0.2) is 44.6 Å². The molecule has 1 aliphatic rings. The summed E-state index contributed by atoms with van der Waals surface area (Å²) in [4.78, 5) is 23.2. The summed E-state index contributed by atoms with van der Waals surface area (Å²) < 4.78 is 13.1. The monoisotopic (exact) mass is 343 g/mol. The standard InChI is InChI=1S/C19H22FN3O2/c1-12-15-8-10-23(18(24)19(2,3)25)11-9-16(15)22-17(21-12)13-4-6-14(20)7-5-13/h4-7,25H,8-11H2,1-3H3. The van der Waals surface area contributed by atoms with Gasteiger partial charge in [0.25, 0.3) is 5.91 Å². The van der Waals surface area contributed by atoms with Gasteiger partial charge < -0.3 is 10.0 Å². The first-order valence-corrected chi connectivity index (χ1v) is 8.40. The number of hydrogen-bond donors (Lipinski definition) is 1. The molecule has 0 spiro atoms. The molecule has 0 unspecified atom stereocenters. The fourth-order valence-corrected chi connectivity index (χ4v) is 3.10. The zero-order valence-electron chi connectivity index (χ0n) is 14.7. The Morgan fingerprint density at radius 2 is 1.80 bits per heavy atom. The van der Waals surface area contributed by atoms with Crippen molar-refractivity contribution in [3.05, 3.63) is 47.0 Å². The molecule has 25 heavy (non-hydrogen) atoms. The molecule has 1 aromatic heterocycles. The molecule has 0 atom stereocenters. The molecule has 3 rings (SSSR count). The van der Waals surface area contributed by atoms with Gasteiger partial charge in [-0.1, -0.05) is 0 Å². The van der Waals surface area contributed by atoms with Crippen LogP contribution < -0.4 is 0 Å². The number of nitrogens with zero attached hydrogens (tertiary/aromatic N) is 3. The Hall–Kier alpha value is -2.34. The normalized spacial score (nSPS) is 14.8. The largest absolute Gasteiger partial charge is 0.381 e. The Labute approximate surface area is 146 Å².